The highest BCUT2D eigenvalue weighted by atomic mass is 32.1. The summed E-state index contributed by atoms with van der Waals surface area (Å²) < 4.78 is 0. The predicted molar refractivity (Wildman–Crippen MR) is 81.9 cm³/mol. The van der Waals surface area contributed by atoms with Crippen LogP contribution in [0.15, 0.2) is 22.9 Å². The number of anilines is 1. The molecule has 2 rings (SSSR count). The topological polar surface area (TPSA) is 66.4 Å². The minimum absolute atomic E-state index is 0.134. The maximum atomic E-state index is 11.9. The van der Waals surface area contributed by atoms with E-state index in [0.29, 0.717) is 12.1 Å². The van der Waals surface area contributed by atoms with Crippen LogP contribution in [0.3, 0.4) is 0 Å². The first-order chi connectivity index (χ1) is 9.58. The molecule has 20 heavy (non-hydrogen) atoms. The number of hydrogen-bond acceptors (Lipinski definition) is 4. The fraction of sp³-hybridized carbons (Fsp3) is 0.286. The van der Waals surface area contributed by atoms with Crippen LogP contribution in [0.2, 0.25) is 0 Å². The third kappa shape index (κ3) is 3.68. The minimum Gasteiger partial charge on any atom is -0.477 e. The smallest absolute Gasteiger partial charge is 0.348 e. The van der Waals surface area contributed by atoms with Crippen LogP contribution in [0.5, 0.6) is 0 Å². The lowest BCUT2D eigenvalue weighted by Gasteiger charge is -2.06. The first kappa shape index (κ1) is 14.7. The van der Waals surface area contributed by atoms with Crippen molar-refractivity contribution >= 4 is 40.2 Å². The largest absolute Gasteiger partial charge is 0.477 e. The molecule has 106 valence electrons. The molecule has 0 atom stereocenters. The predicted octanol–water partition coefficient (Wildman–Crippen LogP) is 3.78. The number of thiophene rings is 2. The van der Waals surface area contributed by atoms with E-state index in [1.807, 2.05) is 17.5 Å². The fourth-order valence-electron chi connectivity index (χ4n) is 1.84. The number of aryl methyl sites for hydroxylation is 2. The third-order valence-electron chi connectivity index (χ3n) is 2.84. The van der Waals surface area contributed by atoms with Crippen molar-refractivity contribution in [3.8, 4) is 0 Å². The molecule has 0 saturated heterocycles. The highest BCUT2D eigenvalue weighted by Crippen LogP contribution is 2.27. The average Bonchev–Trinajstić information content (AvgIpc) is 3.01. The molecular weight excluding hydrogens is 294 g/mol. The van der Waals surface area contributed by atoms with Gasteiger partial charge in [0.15, 0.2) is 0 Å². The fourth-order valence-corrected chi connectivity index (χ4v) is 3.43. The molecule has 2 heterocycles. The lowest BCUT2D eigenvalue weighted by atomic mass is 10.2. The number of carboxylic acid groups (broad SMARTS) is 1. The number of carboxylic acids is 1. The maximum absolute atomic E-state index is 11.9. The maximum Gasteiger partial charge on any atom is 0.348 e. The van der Waals surface area contributed by atoms with Crippen LogP contribution in [0.4, 0.5) is 5.69 Å². The molecule has 0 aliphatic carbocycles. The number of hydrogen-bond donors (Lipinski definition) is 2. The van der Waals surface area contributed by atoms with Crippen LogP contribution >= 0.6 is 22.7 Å². The van der Waals surface area contributed by atoms with E-state index < -0.39 is 5.97 Å². The molecule has 4 nitrogen and oxygen atoms in total. The quantitative estimate of drug-likeness (QED) is 0.853. The van der Waals surface area contributed by atoms with Gasteiger partial charge < -0.3 is 10.4 Å². The first-order valence-corrected chi connectivity index (χ1v) is 7.97. The Bertz CT molecular complexity index is 602. The molecule has 2 N–H and O–H groups in total. The molecule has 0 aliphatic rings. The van der Waals surface area contributed by atoms with Crippen LogP contribution in [-0.4, -0.2) is 17.0 Å². The van der Waals surface area contributed by atoms with Crippen molar-refractivity contribution in [2.75, 3.05) is 5.32 Å². The van der Waals surface area contributed by atoms with Gasteiger partial charge in [-0.15, -0.1) is 22.7 Å². The number of nitrogens with one attached hydrogen (secondary N) is 1. The number of carbonyl (C=O) groups is 2. The molecule has 0 bridgehead atoms. The van der Waals surface area contributed by atoms with Gasteiger partial charge in [-0.3, -0.25) is 4.79 Å². The lowest BCUT2D eigenvalue weighted by molar-refractivity contribution is -0.116. The van der Waals surface area contributed by atoms with E-state index >= 15 is 0 Å². The molecule has 0 aromatic carbocycles. The van der Waals surface area contributed by atoms with Gasteiger partial charge in [-0.05, 0) is 42.2 Å². The Labute approximate surface area is 125 Å². The van der Waals surface area contributed by atoms with Gasteiger partial charge in [-0.1, -0.05) is 6.07 Å². The molecule has 6 heteroatoms. The Kier molecular flexibility index (Phi) is 4.92. The van der Waals surface area contributed by atoms with Crippen molar-refractivity contribution < 1.29 is 14.7 Å². The van der Waals surface area contributed by atoms with Crippen molar-refractivity contribution in [3.05, 3.63) is 38.2 Å². The van der Waals surface area contributed by atoms with Crippen LogP contribution in [0.1, 0.15) is 33.0 Å². The van der Waals surface area contributed by atoms with Gasteiger partial charge >= 0.3 is 5.97 Å². The Balaban J connectivity index is 1.88. The van der Waals surface area contributed by atoms with Gasteiger partial charge in [0.25, 0.3) is 0 Å². The van der Waals surface area contributed by atoms with Crippen molar-refractivity contribution in [3.63, 3.8) is 0 Å². The Hall–Kier alpha value is -1.66. The summed E-state index contributed by atoms with van der Waals surface area (Å²) in [5.41, 5.74) is 1.22. The minimum atomic E-state index is -1.00. The lowest BCUT2D eigenvalue weighted by Crippen LogP contribution is -2.13. The number of aromatic carboxylic acids is 1. The molecule has 0 spiro atoms. The van der Waals surface area contributed by atoms with E-state index in [9.17, 15) is 9.59 Å². The summed E-state index contributed by atoms with van der Waals surface area (Å²) in [6.07, 6.45) is 2.03. The summed E-state index contributed by atoms with van der Waals surface area (Å²) in [6, 6.07) is 4.04. The SMILES string of the molecule is Cc1csc(C(=O)O)c1NC(=O)CCCc1cccs1. The molecule has 2 aromatic rings. The Morgan fingerprint density at radius 2 is 2.15 bits per heavy atom. The standard InChI is InChI=1S/C14H15NO3S2/c1-9-8-20-13(14(17)18)12(9)15-11(16)6-2-4-10-5-3-7-19-10/h3,5,7-8H,2,4,6H2,1H3,(H,15,16)(H,17,18). The van der Waals surface area contributed by atoms with Crippen molar-refractivity contribution in [2.45, 2.75) is 26.2 Å². The molecule has 0 fully saturated rings. The van der Waals surface area contributed by atoms with E-state index in [-0.39, 0.29) is 10.8 Å². The van der Waals surface area contributed by atoms with Crippen molar-refractivity contribution in [2.24, 2.45) is 0 Å². The molecule has 0 radical (unpaired) electrons. The zero-order valence-corrected chi connectivity index (χ0v) is 12.6. The van der Waals surface area contributed by atoms with Gasteiger partial charge in [0.1, 0.15) is 4.88 Å². The van der Waals surface area contributed by atoms with E-state index in [2.05, 4.69) is 5.32 Å². The first-order valence-electron chi connectivity index (χ1n) is 6.21. The molecule has 0 unspecified atom stereocenters. The molecular formula is C14H15NO3S2. The second kappa shape index (κ2) is 6.67. The van der Waals surface area contributed by atoms with E-state index in [4.69, 9.17) is 5.11 Å². The zero-order valence-electron chi connectivity index (χ0n) is 11.0. The van der Waals surface area contributed by atoms with Crippen LogP contribution in [0, 0.1) is 6.92 Å². The van der Waals surface area contributed by atoms with Crippen LogP contribution < -0.4 is 5.32 Å². The van der Waals surface area contributed by atoms with Crippen molar-refractivity contribution in [1.82, 2.24) is 0 Å². The summed E-state index contributed by atoms with van der Waals surface area (Å²) >= 11 is 2.82. The summed E-state index contributed by atoms with van der Waals surface area (Å²) in [6.45, 7) is 1.80. The molecule has 1 amide bonds. The van der Waals surface area contributed by atoms with Crippen molar-refractivity contribution in [1.29, 1.82) is 0 Å². The highest BCUT2D eigenvalue weighted by molar-refractivity contribution is 7.12. The van der Waals surface area contributed by atoms with E-state index in [1.54, 1.807) is 23.6 Å². The second-order valence-corrected chi connectivity index (χ2v) is 6.32. The summed E-state index contributed by atoms with van der Waals surface area (Å²) in [5, 5.41) is 15.5. The highest BCUT2D eigenvalue weighted by Gasteiger charge is 2.16. The zero-order chi connectivity index (χ0) is 14.5. The van der Waals surface area contributed by atoms with Crippen LogP contribution in [0.25, 0.3) is 0 Å². The monoisotopic (exact) mass is 309 g/mol. The van der Waals surface area contributed by atoms with Crippen LogP contribution in [-0.2, 0) is 11.2 Å². The average molecular weight is 309 g/mol. The molecule has 0 aliphatic heterocycles. The van der Waals surface area contributed by atoms with Gasteiger partial charge in [0, 0.05) is 11.3 Å². The normalized spacial score (nSPS) is 10.4. The van der Waals surface area contributed by atoms with Gasteiger partial charge in [-0.2, -0.15) is 0 Å². The number of amides is 1. The van der Waals surface area contributed by atoms with E-state index in [1.165, 1.54) is 4.88 Å². The van der Waals surface area contributed by atoms with Gasteiger partial charge in [-0.25, -0.2) is 4.79 Å². The summed E-state index contributed by atoms with van der Waals surface area (Å²) in [7, 11) is 0. The Morgan fingerprint density at radius 1 is 1.35 bits per heavy atom. The van der Waals surface area contributed by atoms with Gasteiger partial charge in [0.05, 0.1) is 5.69 Å². The number of carbonyl (C=O) groups excluding carboxylic acids is 1. The Morgan fingerprint density at radius 3 is 2.80 bits per heavy atom. The molecule has 0 saturated carbocycles. The second-order valence-electron chi connectivity index (χ2n) is 4.41. The van der Waals surface area contributed by atoms with E-state index in [0.717, 1.165) is 29.7 Å². The third-order valence-corrected chi connectivity index (χ3v) is 4.86. The molecule has 2 aromatic heterocycles. The number of rotatable bonds is 6. The van der Waals surface area contributed by atoms with Gasteiger partial charge in [0.2, 0.25) is 5.91 Å². The summed E-state index contributed by atoms with van der Waals surface area (Å²) in [5.74, 6) is -1.14. The summed E-state index contributed by atoms with van der Waals surface area (Å²) in [4.78, 5) is 24.4.